The summed E-state index contributed by atoms with van der Waals surface area (Å²) in [5.41, 5.74) is 3.61. The summed E-state index contributed by atoms with van der Waals surface area (Å²) >= 11 is 0. The molecule has 2 amide bonds. The van der Waals surface area contributed by atoms with Gasteiger partial charge in [0, 0.05) is 35.7 Å². The van der Waals surface area contributed by atoms with Crippen molar-refractivity contribution in [1.29, 1.82) is 0 Å². The number of hydrogen-bond donors (Lipinski definition) is 2. The number of ether oxygens (including phenoxy) is 1. The molecule has 142 valence electrons. The zero-order chi connectivity index (χ0) is 19.6. The van der Waals surface area contributed by atoms with Crippen LogP contribution in [0.15, 0.2) is 30.3 Å². The van der Waals surface area contributed by atoms with Gasteiger partial charge in [0.2, 0.25) is 5.91 Å². The number of benzene rings is 1. The molecular weight excluding hydrogens is 346 g/mol. The first-order valence-electron chi connectivity index (χ1n) is 8.88. The van der Waals surface area contributed by atoms with Crippen LogP contribution >= 0.6 is 0 Å². The SMILES string of the molecule is CC(=O)Nc1ccc(NC(=O)COC(=O)c2cc(C)n(C3CC3)c2C)cc1. The molecule has 7 nitrogen and oxygen atoms in total. The van der Waals surface area contributed by atoms with E-state index in [0.29, 0.717) is 23.0 Å². The lowest BCUT2D eigenvalue weighted by molar-refractivity contribution is -0.119. The predicted octanol–water partition coefficient (Wildman–Crippen LogP) is 3.19. The predicted molar refractivity (Wildman–Crippen MR) is 102 cm³/mol. The number of esters is 1. The molecule has 1 fully saturated rings. The van der Waals surface area contributed by atoms with Crippen molar-refractivity contribution in [3.63, 3.8) is 0 Å². The third kappa shape index (κ3) is 4.55. The maximum absolute atomic E-state index is 12.3. The van der Waals surface area contributed by atoms with Crippen molar-refractivity contribution >= 4 is 29.2 Å². The van der Waals surface area contributed by atoms with E-state index >= 15 is 0 Å². The van der Waals surface area contributed by atoms with Crippen LogP contribution in [-0.2, 0) is 14.3 Å². The lowest BCUT2D eigenvalue weighted by Crippen LogP contribution is -2.21. The van der Waals surface area contributed by atoms with Crippen LogP contribution in [0, 0.1) is 13.8 Å². The quantitative estimate of drug-likeness (QED) is 0.765. The number of amides is 2. The van der Waals surface area contributed by atoms with E-state index in [4.69, 9.17) is 4.74 Å². The first-order valence-corrected chi connectivity index (χ1v) is 8.88. The number of aromatic nitrogens is 1. The zero-order valence-corrected chi connectivity index (χ0v) is 15.7. The van der Waals surface area contributed by atoms with Gasteiger partial charge < -0.3 is 19.9 Å². The number of aryl methyl sites for hydroxylation is 1. The van der Waals surface area contributed by atoms with E-state index in [1.54, 1.807) is 24.3 Å². The summed E-state index contributed by atoms with van der Waals surface area (Å²) in [7, 11) is 0. The highest BCUT2D eigenvalue weighted by molar-refractivity contribution is 5.96. The number of carbonyl (C=O) groups excluding carboxylic acids is 3. The second kappa shape index (κ2) is 7.65. The van der Waals surface area contributed by atoms with E-state index in [9.17, 15) is 14.4 Å². The van der Waals surface area contributed by atoms with E-state index in [0.717, 1.165) is 24.2 Å². The van der Waals surface area contributed by atoms with Gasteiger partial charge in [0.1, 0.15) is 0 Å². The fourth-order valence-electron chi connectivity index (χ4n) is 3.12. The van der Waals surface area contributed by atoms with Gasteiger partial charge in [-0.25, -0.2) is 4.79 Å². The average Bonchev–Trinajstić information content (AvgIpc) is 3.39. The topological polar surface area (TPSA) is 89.4 Å². The molecule has 7 heteroatoms. The van der Waals surface area contributed by atoms with Gasteiger partial charge in [-0.2, -0.15) is 0 Å². The van der Waals surface area contributed by atoms with Gasteiger partial charge in [-0.3, -0.25) is 9.59 Å². The average molecular weight is 369 g/mol. The Morgan fingerprint density at radius 3 is 2.22 bits per heavy atom. The van der Waals surface area contributed by atoms with E-state index in [-0.39, 0.29) is 12.5 Å². The number of anilines is 2. The molecule has 1 heterocycles. The molecule has 3 rings (SSSR count). The molecule has 0 saturated heterocycles. The van der Waals surface area contributed by atoms with Crippen molar-refractivity contribution in [2.24, 2.45) is 0 Å². The summed E-state index contributed by atoms with van der Waals surface area (Å²) < 4.78 is 7.33. The van der Waals surface area contributed by atoms with Gasteiger partial charge in [-0.15, -0.1) is 0 Å². The summed E-state index contributed by atoms with van der Waals surface area (Å²) in [6, 6.07) is 8.97. The van der Waals surface area contributed by atoms with Crippen LogP contribution in [0.25, 0.3) is 0 Å². The van der Waals surface area contributed by atoms with Crippen LogP contribution in [0.2, 0.25) is 0 Å². The van der Waals surface area contributed by atoms with E-state index in [1.165, 1.54) is 6.92 Å². The molecule has 2 N–H and O–H groups in total. The van der Waals surface area contributed by atoms with Gasteiger partial charge in [0.15, 0.2) is 6.61 Å². The molecule has 0 atom stereocenters. The molecule has 27 heavy (non-hydrogen) atoms. The second-order valence-electron chi connectivity index (χ2n) is 6.77. The van der Waals surface area contributed by atoms with Crippen LogP contribution in [-0.4, -0.2) is 29.0 Å². The molecule has 1 aliphatic rings. The monoisotopic (exact) mass is 369 g/mol. The Balaban J connectivity index is 1.54. The highest BCUT2D eigenvalue weighted by Gasteiger charge is 2.28. The number of rotatable bonds is 6. The first-order chi connectivity index (χ1) is 12.8. The van der Waals surface area contributed by atoms with Crippen molar-refractivity contribution in [3.05, 3.63) is 47.3 Å². The van der Waals surface area contributed by atoms with Gasteiger partial charge >= 0.3 is 5.97 Å². The normalized spacial score (nSPS) is 13.1. The van der Waals surface area contributed by atoms with Crippen LogP contribution < -0.4 is 10.6 Å². The second-order valence-corrected chi connectivity index (χ2v) is 6.77. The molecule has 0 bridgehead atoms. The summed E-state index contributed by atoms with van der Waals surface area (Å²) in [6.07, 6.45) is 2.27. The molecule has 2 aromatic rings. The van der Waals surface area contributed by atoms with E-state index in [2.05, 4.69) is 15.2 Å². The molecule has 1 aromatic heterocycles. The summed E-state index contributed by atoms with van der Waals surface area (Å²) in [5.74, 6) is -1.09. The maximum Gasteiger partial charge on any atom is 0.340 e. The van der Waals surface area contributed by atoms with Crippen LogP contribution in [0.5, 0.6) is 0 Å². The van der Waals surface area contributed by atoms with Crippen molar-refractivity contribution in [3.8, 4) is 0 Å². The van der Waals surface area contributed by atoms with Crippen molar-refractivity contribution in [2.75, 3.05) is 17.2 Å². The Hall–Kier alpha value is -3.09. The molecule has 1 aliphatic carbocycles. The van der Waals surface area contributed by atoms with Gasteiger partial charge in [0.05, 0.1) is 5.56 Å². The third-order valence-electron chi connectivity index (χ3n) is 4.44. The fourth-order valence-corrected chi connectivity index (χ4v) is 3.12. The third-order valence-corrected chi connectivity index (χ3v) is 4.44. The van der Waals surface area contributed by atoms with Crippen LogP contribution in [0.4, 0.5) is 11.4 Å². The number of nitrogens with zero attached hydrogens (tertiary/aromatic N) is 1. The fraction of sp³-hybridized carbons (Fsp3) is 0.350. The molecule has 0 radical (unpaired) electrons. The van der Waals surface area contributed by atoms with Crippen LogP contribution in [0.3, 0.4) is 0 Å². The molecular formula is C20H23N3O4. The minimum Gasteiger partial charge on any atom is -0.452 e. The Morgan fingerprint density at radius 2 is 1.67 bits per heavy atom. The standard InChI is InChI=1S/C20H23N3O4/c1-12-10-18(13(2)23(12)17-8-9-17)20(26)27-11-19(25)22-16-6-4-15(5-7-16)21-14(3)24/h4-7,10,17H,8-9,11H2,1-3H3,(H,21,24)(H,22,25). The summed E-state index contributed by atoms with van der Waals surface area (Å²) in [6.45, 7) is 4.93. The lowest BCUT2D eigenvalue weighted by Gasteiger charge is -2.09. The Morgan fingerprint density at radius 1 is 1.07 bits per heavy atom. The van der Waals surface area contributed by atoms with Crippen molar-refractivity contribution in [2.45, 2.75) is 39.7 Å². The lowest BCUT2D eigenvalue weighted by atomic mass is 10.2. The van der Waals surface area contributed by atoms with E-state index < -0.39 is 11.9 Å². The molecule has 0 aliphatic heterocycles. The first kappa shape index (κ1) is 18.7. The van der Waals surface area contributed by atoms with E-state index in [1.807, 2.05) is 19.9 Å². The Labute approximate surface area is 157 Å². The Bertz CT molecular complexity index is 879. The summed E-state index contributed by atoms with van der Waals surface area (Å²) in [5, 5.41) is 5.30. The molecule has 0 spiro atoms. The number of carbonyl (C=O) groups is 3. The minimum absolute atomic E-state index is 0.167. The number of nitrogens with one attached hydrogen (secondary N) is 2. The molecule has 0 unspecified atom stereocenters. The highest BCUT2D eigenvalue weighted by atomic mass is 16.5. The van der Waals surface area contributed by atoms with Crippen molar-refractivity contribution in [1.82, 2.24) is 4.57 Å². The van der Waals surface area contributed by atoms with Gasteiger partial charge in [-0.1, -0.05) is 0 Å². The van der Waals surface area contributed by atoms with Crippen molar-refractivity contribution < 1.29 is 19.1 Å². The van der Waals surface area contributed by atoms with Gasteiger partial charge in [-0.05, 0) is 57.0 Å². The smallest absolute Gasteiger partial charge is 0.340 e. The molecule has 1 saturated carbocycles. The maximum atomic E-state index is 12.3. The molecule has 1 aromatic carbocycles. The summed E-state index contributed by atoms with van der Waals surface area (Å²) in [4.78, 5) is 35.3. The largest absolute Gasteiger partial charge is 0.452 e. The highest BCUT2D eigenvalue weighted by Crippen LogP contribution is 2.38. The zero-order valence-electron chi connectivity index (χ0n) is 15.7. The minimum atomic E-state index is -0.494. The number of hydrogen-bond acceptors (Lipinski definition) is 4. The van der Waals surface area contributed by atoms with Crippen LogP contribution in [0.1, 0.15) is 47.6 Å². The Kier molecular flexibility index (Phi) is 5.30. The van der Waals surface area contributed by atoms with Gasteiger partial charge in [0.25, 0.3) is 5.91 Å².